The zero-order chi connectivity index (χ0) is 14.8. The zero-order valence-corrected chi connectivity index (χ0v) is 13.9. The third kappa shape index (κ3) is 3.48. The minimum absolute atomic E-state index is 0.552. The van der Waals surface area contributed by atoms with Crippen molar-refractivity contribution in [2.45, 2.75) is 41.0 Å². The molecule has 3 nitrogen and oxygen atoms in total. The van der Waals surface area contributed by atoms with Gasteiger partial charge in [-0.1, -0.05) is 37.2 Å². The minimum Gasteiger partial charge on any atom is -0.480 e. The van der Waals surface area contributed by atoms with E-state index < -0.39 is 16.0 Å². The fourth-order valence-electron chi connectivity index (χ4n) is 2.08. The predicted molar refractivity (Wildman–Crippen MR) is 89.2 cm³/mol. The molecule has 0 saturated heterocycles. The third-order valence-electron chi connectivity index (χ3n) is 3.04. The summed E-state index contributed by atoms with van der Waals surface area (Å²) in [6.45, 7) is 3.93. The molecule has 0 amide bonds. The number of rotatable bonds is 6. The molecule has 2 aromatic rings. The van der Waals surface area contributed by atoms with Gasteiger partial charge in [-0.25, -0.2) is 4.98 Å². The van der Waals surface area contributed by atoms with E-state index in [1.807, 2.05) is 38.1 Å². The van der Waals surface area contributed by atoms with Crippen molar-refractivity contribution < 1.29 is 9.90 Å². The summed E-state index contributed by atoms with van der Waals surface area (Å²) in [6.07, 6.45) is 1.66. The monoisotopic (exact) mass is 327 g/mol. The van der Waals surface area contributed by atoms with Crippen LogP contribution in [0.25, 0.3) is 10.2 Å². The van der Waals surface area contributed by atoms with Crippen molar-refractivity contribution in [3.8, 4) is 0 Å². The SMILES string of the molecule is CCCC(C)(S)C(Sc1nc2ccccc2s1)C(=O)O. The van der Waals surface area contributed by atoms with Gasteiger partial charge in [-0.2, -0.15) is 12.6 Å². The first-order chi connectivity index (χ1) is 9.44. The van der Waals surface area contributed by atoms with Gasteiger partial charge >= 0.3 is 5.97 Å². The Hall–Kier alpha value is -0.720. The van der Waals surface area contributed by atoms with Crippen LogP contribution in [0.3, 0.4) is 0 Å². The highest BCUT2D eigenvalue weighted by Crippen LogP contribution is 2.40. The number of carbonyl (C=O) groups is 1. The van der Waals surface area contributed by atoms with E-state index >= 15 is 0 Å². The standard InChI is InChI=1S/C14H17NO2S3/c1-3-8-14(2,18)11(12(16)17)20-13-15-9-6-4-5-7-10(9)19-13/h4-7,11,18H,3,8H2,1-2H3,(H,16,17). The summed E-state index contributed by atoms with van der Waals surface area (Å²) in [7, 11) is 0. The number of hydrogen-bond acceptors (Lipinski definition) is 5. The third-order valence-corrected chi connectivity index (χ3v) is 6.31. The van der Waals surface area contributed by atoms with E-state index in [2.05, 4.69) is 17.6 Å². The van der Waals surface area contributed by atoms with Crippen molar-refractivity contribution in [1.82, 2.24) is 4.98 Å². The maximum absolute atomic E-state index is 11.5. The van der Waals surface area contributed by atoms with Gasteiger partial charge in [0.05, 0.1) is 10.2 Å². The number of para-hydroxylation sites is 1. The molecule has 1 aromatic carbocycles. The number of carboxylic acid groups (broad SMARTS) is 1. The van der Waals surface area contributed by atoms with E-state index in [0.29, 0.717) is 0 Å². The molecule has 1 heterocycles. The van der Waals surface area contributed by atoms with E-state index in [4.69, 9.17) is 0 Å². The molecule has 0 bridgehead atoms. The van der Waals surface area contributed by atoms with E-state index in [-0.39, 0.29) is 0 Å². The molecule has 0 aliphatic rings. The molecule has 1 N–H and O–H groups in total. The smallest absolute Gasteiger partial charge is 0.318 e. The van der Waals surface area contributed by atoms with Crippen molar-refractivity contribution in [2.24, 2.45) is 0 Å². The van der Waals surface area contributed by atoms with Crippen molar-refractivity contribution in [3.05, 3.63) is 24.3 Å². The van der Waals surface area contributed by atoms with Gasteiger partial charge < -0.3 is 5.11 Å². The maximum Gasteiger partial charge on any atom is 0.318 e. The second kappa shape index (κ2) is 6.37. The number of thioether (sulfide) groups is 1. The van der Waals surface area contributed by atoms with Gasteiger partial charge in [0.2, 0.25) is 0 Å². The Morgan fingerprint density at radius 1 is 1.55 bits per heavy atom. The number of hydrogen-bond donors (Lipinski definition) is 2. The molecule has 2 atom stereocenters. The Labute approximate surface area is 132 Å². The van der Waals surface area contributed by atoms with Crippen LogP contribution in [0.5, 0.6) is 0 Å². The Kier molecular flexibility index (Phi) is 4.99. The highest BCUT2D eigenvalue weighted by Gasteiger charge is 2.37. The number of aromatic nitrogens is 1. The van der Waals surface area contributed by atoms with Crippen LogP contribution in [0.15, 0.2) is 28.6 Å². The lowest BCUT2D eigenvalue weighted by Crippen LogP contribution is -2.37. The van der Waals surface area contributed by atoms with Crippen LogP contribution in [0.2, 0.25) is 0 Å². The van der Waals surface area contributed by atoms with Crippen LogP contribution in [0, 0.1) is 0 Å². The maximum atomic E-state index is 11.5. The lowest BCUT2D eigenvalue weighted by molar-refractivity contribution is -0.136. The molecule has 0 saturated carbocycles. The number of thiazole rings is 1. The number of carboxylic acids is 1. The minimum atomic E-state index is -0.833. The molecule has 0 radical (unpaired) electrons. The molecule has 0 spiro atoms. The number of benzene rings is 1. The van der Waals surface area contributed by atoms with Crippen molar-refractivity contribution >= 4 is 51.9 Å². The van der Waals surface area contributed by atoms with Crippen LogP contribution in [-0.2, 0) is 4.79 Å². The van der Waals surface area contributed by atoms with Crippen molar-refractivity contribution in [1.29, 1.82) is 0 Å². The number of fused-ring (bicyclic) bond motifs is 1. The zero-order valence-electron chi connectivity index (χ0n) is 11.4. The Morgan fingerprint density at radius 3 is 2.85 bits per heavy atom. The molecule has 0 fully saturated rings. The summed E-state index contributed by atoms with van der Waals surface area (Å²) in [4.78, 5) is 16.0. The predicted octanol–water partition coefficient (Wildman–Crippen LogP) is 4.33. The summed E-state index contributed by atoms with van der Waals surface area (Å²) in [5, 5.41) is 8.87. The topological polar surface area (TPSA) is 50.2 Å². The number of nitrogens with zero attached hydrogens (tertiary/aromatic N) is 1. The summed E-state index contributed by atoms with van der Waals surface area (Å²) in [5.74, 6) is -0.833. The highest BCUT2D eigenvalue weighted by atomic mass is 32.2. The fraction of sp³-hybridized carbons (Fsp3) is 0.429. The van der Waals surface area contributed by atoms with Crippen LogP contribution in [-0.4, -0.2) is 26.1 Å². The van der Waals surface area contributed by atoms with Crippen molar-refractivity contribution in [2.75, 3.05) is 0 Å². The number of aliphatic carboxylic acids is 1. The van der Waals surface area contributed by atoms with Gasteiger partial charge in [-0.3, -0.25) is 4.79 Å². The van der Waals surface area contributed by atoms with Gasteiger partial charge in [-0.05, 0) is 25.5 Å². The van der Waals surface area contributed by atoms with Gasteiger partial charge in [0.1, 0.15) is 5.25 Å². The lowest BCUT2D eigenvalue weighted by atomic mass is 10.0. The normalized spacial score (nSPS) is 15.9. The van der Waals surface area contributed by atoms with Gasteiger partial charge in [0.25, 0.3) is 0 Å². The van der Waals surface area contributed by atoms with Gasteiger partial charge in [-0.15, -0.1) is 11.3 Å². The van der Waals surface area contributed by atoms with Crippen LogP contribution < -0.4 is 0 Å². The first-order valence-electron chi connectivity index (χ1n) is 6.41. The van der Waals surface area contributed by atoms with E-state index in [1.165, 1.54) is 23.1 Å². The first-order valence-corrected chi connectivity index (χ1v) is 8.56. The van der Waals surface area contributed by atoms with Crippen LogP contribution in [0.1, 0.15) is 26.7 Å². The molecule has 6 heteroatoms. The fourth-order valence-corrected chi connectivity index (χ4v) is 4.85. The molecule has 108 valence electrons. The van der Waals surface area contributed by atoms with Crippen molar-refractivity contribution in [3.63, 3.8) is 0 Å². The Bertz CT molecular complexity index is 576. The first kappa shape index (κ1) is 15.7. The molecule has 20 heavy (non-hydrogen) atoms. The average molecular weight is 327 g/mol. The molecule has 2 rings (SSSR count). The second-order valence-electron chi connectivity index (χ2n) is 4.89. The Balaban J connectivity index is 2.26. The van der Waals surface area contributed by atoms with Gasteiger partial charge in [0, 0.05) is 4.75 Å². The molecule has 1 aromatic heterocycles. The average Bonchev–Trinajstić information content (AvgIpc) is 2.77. The molecule has 0 aliphatic heterocycles. The van der Waals surface area contributed by atoms with Crippen LogP contribution in [0.4, 0.5) is 0 Å². The van der Waals surface area contributed by atoms with E-state index in [1.54, 1.807) is 0 Å². The molecule has 2 unspecified atom stereocenters. The Morgan fingerprint density at radius 2 is 2.25 bits per heavy atom. The van der Waals surface area contributed by atoms with Gasteiger partial charge in [0.15, 0.2) is 4.34 Å². The number of thiol groups is 1. The summed E-state index contributed by atoms with van der Waals surface area (Å²) in [6, 6.07) is 7.84. The lowest BCUT2D eigenvalue weighted by Gasteiger charge is -2.28. The second-order valence-corrected chi connectivity index (χ2v) is 8.30. The summed E-state index contributed by atoms with van der Waals surface area (Å²) >= 11 is 7.40. The molecule has 0 aliphatic carbocycles. The summed E-state index contributed by atoms with van der Waals surface area (Å²) in [5.41, 5.74) is 0.917. The largest absolute Gasteiger partial charge is 0.480 e. The van der Waals surface area contributed by atoms with E-state index in [9.17, 15) is 9.90 Å². The van der Waals surface area contributed by atoms with Crippen LogP contribution >= 0.6 is 35.7 Å². The van der Waals surface area contributed by atoms with E-state index in [0.717, 1.165) is 27.4 Å². The highest BCUT2D eigenvalue weighted by molar-refractivity contribution is 8.03. The molecular formula is C14H17NO2S3. The quantitative estimate of drug-likeness (QED) is 0.612. The summed E-state index contributed by atoms with van der Waals surface area (Å²) < 4.78 is 1.31. The molecular weight excluding hydrogens is 310 g/mol.